The van der Waals surface area contributed by atoms with E-state index >= 15 is 0 Å². The number of hydrogen-bond donors (Lipinski definition) is 1. The second-order valence-electron chi connectivity index (χ2n) is 7.33. The number of hydrogen-bond acceptors (Lipinski definition) is 3. The number of benzene rings is 2. The Morgan fingerprint density at radius 2 is 2.08 bits per heavy atom. The van der Waals surface area contributed by atoms with Gasteiger partial charge in [0.05, 0.1) is 13.0 Å². The summed E-state index contributed by atoms with van der Waals surface area (Å²) >= 11 is 6.25. The highest BCUT2D eigenvalue weighted by atomic mass is 35.5. The minimum atomic E-state index is -0.401. The van der Waals surface area contributed by atoms with Gasteiger partial charge < -0.3 is 14.8 Å². The molecular weight excluding hydrogens is 350 g/mol. The summed E-state index contributed by atoms with van der Waals surface area (Å²) in [5, 5.41) is 3.87. The minimum absolute atomic E-state index is 0.00326. The van der Waals surface area contributed by atoms with Crippen LogP contribution in [-0.4, -0.2) is 25.2 Å². The first kappa shape index (κ1) is 18.6. The molecule has 1 unspecified atom stereocenters. The van der Waals surface area contributed by atoms with Crippen LogP contribution in [0.15, 0.2) is 42.5 Å². The van der Waals surface area contributed by atoms with Crippen molar-refractivity contribution >= 4 is 17.5 Å². The standard InChI is InChI=1S/C21H24ClNO3/c1-21(2,12-15-6-4-5-7-18(15)22)23-20(24)16-10-14-8-9-17(25-3)11-19(14)26-13-16/h4-9,11,16H,10,12-13H2,1-3H3,(H,23,24). The summed E-state index contributed by atoms with van der Waals surface area (Å²) in [7, 11) is 1.63. The predicted octanol–water partition coefficient (Wildman–Crippen LogP) is 4.04. The van der Waals surface area contributed by atoms with Crippen molar-refractivity contribution in [1.29, 1.82) is 0 Å². The predicted molar refractivity (Wildman–Crippen MR) is 103 cm³/mol. The van der Waals surface area contributed by atoms with Gasteiger partial charge in [0.25, 0.3) is 0 Å². The summed E-state index contributed by atoms with van der Waals surface area (Å²) < 4.78 is 11.0. The van der Waals surface area contributed by atoms with E-state index in [2.05, 4.69) is 5.32 Å². The molecule has 1 N–H and O–H groups in total. The van der Waals surface area contributed by atoms with Crippen molar-refractivity contribution in [2.75, 3.05) is 13.7 Å². The first-order chi connectivity index (χ1) is 12.4. The Labute approximate surface area is 159 Å². The molecule has 2 aromatic carbocycles. The van der Waals surface area contributed by atoms with E-state index in [-0.39, 0.29) is 11.8 Å². The smallest absolute Gasteiger partial charge is 0.227 e. The van der Waals surface area contributed by atoms with Crippen LogP contribution >= 0.6 is 11.6 Å². The van der Waals surface area contributed by atoms with Crippen LogP contribution in [0.25, 0.3) is 0 Å². The molecule has 4 nitrogen and oxygen atoms in total. The van der Waals surface area contributed by atoms with Crippen molar-refractivity contribution in [3.8, 4) is 11.5 Å². The number of methoxy groups -OCH3 is 1. The van der Waals surface area contributed by atoms with E-state index < -0.39 is 5.54 Å². The molecule has 0 fully saturated rings. The number of amides is 1. The molecule has 0 spiro atoms. The highest BCUT2D eigenvalue weighted by Crippen LogP contribution is 2.31. The number of rotatable bonds is 5. The number of carbonyl (C=O) groups excluding carboxylic acids is 1. The second kappa shape index (κ2) is 7.58. The molecule has 1 amide bonds. The highest BCUT2D eigenvalue weighted by molar-refractivity contribution is 6.31. The Hall–Kier alpha value is -2.20. The molecule has 0 aromatic heterocycles. The fourth-order valence-electron chi connectivity index (χ4n) is 3.25. The fourth-order valence-corrected chi connectivity index (χ4v) is 3.45. The quantitative estimate of drug-likeness (QED) is 0.860. The van der Waals surface area contributed by atoms with Crippen molar-refractivity contribution < 1.29 is 14.3 Å². The molecule has 1 atom stereocenters. The molecule has 0 aliphatic carbocycles. The Kier molecular flexibility index (Phi) is 5.42. The summed E-state index contributed by atoms with van der Waals surface area (Å²) in [5.41, 5.74) is 1.65. The lowest BCUT2D eigenvalue weighted by molar-refractivity contribution is -0.127. The molecule has 138 valence electrons. The summed E-state index contributed by atoms with van der Waals surface area (Å²) in [5.74, 6) is 1.35. The SMILES string of the molecule is COc1ccc2c(c1)OCC(C(=O)NC(C)(C)Cc1ccccc1Cl)C2. The molecule has 0 saturated heterocycles. The van der Waals surface area contributed by atoms with Crippen LogP contribution in [0.1, 0.15) is 25.0 Å². The first-order valence-electron chi connectivity index (χ1n) is 8.73. The van der Waals surface area contributed by atoms with Crippen molar-refractivity contribution in [3.63, 3.8) is 0 Å². The fraction of sp³-hybridized carbons (Fsp3) is 0.381. The van der Waals surface area contributed by atoms with E-state index in [1.165, 1.54) is 0 Å². The molecule has 3 rings (SSSR count). The molecule has 26 heavy (non-hydrogen) atoms. The monoisotopic (exact) mass is 373 g/mol. The number of halogens is 1. The van der Waals surface area contributed by atoms with Crippen LogP contribution in [0, 0.1) is 5.92 Å². The van der Waals surface area contributed by atoms with Crippen molar-refractivity contribution in [3.05, 3.63) is 58.6 Å². The first-order valence-corrected chi connectivity index (χ1v) is 9.11. The van der Waals surface area contributed by atoms with Crippen LogP contribution in [0.4, 0.5) is 0 Å². The normalized spacial score (nSPS) is 16.4. The van der Waals surface area contributed by atoms with Gasteiger partial charge in [0.2, 0.25) is 5.91 Å². The minimum Gasteiger partial charge on any atom is -0.497 e. The summed E-state index contributed by atoms with van der Waals surface area (Å²) in [4.78, 5) is 12.8. The van der Waals surface area contributed by atoms with E-state index in [0.717, 1.165) is 27.6 Å². The lowest BCUT2D eigenvalue weighted by Crippen LogP contribution is -2.49. The maximum atomic E-state index is 12.8. The maximum absolute atomic E-state index is 12.8. The van der Waals surface area contributed by atoms with Crippen LogP contribution in [0.2, 0.25) is 5.02 Å². The van der Waals surface area contributed by atoms with Gasteiger partial charge in [0, 0.05) is 16.6 Å². The van der Waals surface area contributed by atoms with Gasteiger partial charge >= 0.3 is 0 Å². The topological polar surface area (TPSA) is 47.6 Å². The largest absolute Gasteiger partial charge is 0.497 e. The van der Waals surface area contributed by atoms with Crippen LogP contribution < -0.4 is 14.8 Å². The third-order valence-electron chi connectivity index (χ3n) is 4.60. The van der Waals surface area contributed by atoms with Crippen molar-refractivity contribution in [1.82, 2.24) is 5.32 Å². The van der Waals surface area contributed by atoms with Crippen LogP contribution in [0.5, 0.6) is 11.5 Å². The summed E-state index contributed by atoms with van der Waals surface area (Å²) in [6.45, 7) is 4.39. The molecule has 2 aromatic rings. The number of carbonyl (C=O) groups is 1. The average molecular weight is 374 g/mol. The van der Waals surface area contributed by atoms with Crippen LogP contribution in [0.3, 0.4) is 0 Å². The third kappa shape index (κ3) is 4.31. The van der Waals surface area contributed by atoms with Gasteiger partial charge in [-0.1, -0.05) is 35.9 Å². The number of nitrogens with one attached hydrogen (secondary N) is 1. The van der Waals surface area contributed by atoms with Gasteiger partial charge in [-0.25, -0.2) is 0 Å². The van der Waals surface area contributed by atoms with Gasteiger partial charge in [-0.05, 0) is 49.9 Å². The number of fused-ring (bicyclic) bond motifs is 1. The lowest BCUT2D eigenvalue weighted by atomic mass is 9.91. The number of ether oxygens (including phenoxy) is 2. The van der Waals surface area contributed by atoms with E-state index in [9.17, 15) is 4.79 Å². The van der Waals surface area contributed by atoms with E-state index in [4.69, 9.17) is 21.1 Å². The highest BCUT2D eigenvalue weighted by Gasteiger charge is 2.30. The molecule has 0 saturated carbocycles. The molecule has 1 heterocycles. The van der Waals surface area contributed by atoms with Crippen molar-refractivity contribution in [2.45, 2.75) is 32.2 Å². The third-order valence-corrected chi connectivity index (χ3v) is 4.97. The molecule has 5 heteroatoms. The summed E-state index contributed by atoms with van der Waals surface area (Å²) in [6, 6.07) is 13.4. The van der Waals surface area contributed by atoms with Crippen LogP contribution in [-0.2, 0) is 17.6 Å². The van der Waals surface area contributed by atoms with Gasteiger partial charge in [-0.15, -0.1) is 0 Å². The Bertz CT molecular complexity index is 804. The van der Waals surface area contributed by atoms with Crippen molar-refractivity contribution in [2.24, 2.45) is 5.92 Å². The Morgan fingerprint density at radius 1 is 1.31 bits per heavy atom. The Morgan fingerprint density at radius 3 is 2.81 bits per heavy atom. The molecule has 1 aliphatic heterocycles. The van der Waals surface area contributed by atoms with Gasteiger partial charge in [-0.2, -0.15) is 0 Å². The molecule has 0 bridgehead atoms. The zero-order valence-electron chi connectivity index (χ0n) is 15.3. The Balaban J connectivity index is 1.65. The maximum Gasteiger partial charge on any atom is 0.227 e. The summed E-state index contributed by atoms with van der Waals surface area (Å²) in [6.07, 6.45) is 1.33. The van der Waals surface area contributed by atoms with E-state index in [1.54, 1.807) is 7.11 Å². The van der Waals surface area contributed by atoms with E-state index in [0.29, 0.717) is 19.4 Å². The lowest BCUT2D eigenvalue weighted by Gasteiger charge is -2.31. The van der Waals surface area contributed by atoms with Gasteiger partial charge in [0.15, 0.2) is 0 Å². The molecular formula is C21H24ClNO3. The zero-order valence-corrected chi connectivity index (χ0v) is 16.1. The molecule has 1 aliphatic rings. The molecule has 0 radical (unpaired) electrons. The van der Waals surface area contributed by atoms with E-state index in [1.807, 2.05) is 56.3 Å². The zero-order chi connectivity index (χ0) is 18.7. The second-order valence-corrected chi connectivity index (χ2v) is 7.73. The average Bonchev–Trinajstić information content (AvgIpc) is 2.62. The van der Waals surface area contributed by atoms with Gasteiger partial charge in [0.1, 0.15) is 18.1 Å². The van der Waals surface area contributed by atoms with Gasteiger partial charge in [-0.3, -0.25) is 4.79 Å².